The van der Waals surface area contributed by atoms with Gasteiger partial charge in [-0.2, -0.15) is 0 Å². The fourth-order valence-corrected chi connectivity index (χ4v) is 3.74. The van der Waals surface area contributed by atoms with Crippen molar-refractivity contribution in [1.82, 2.24) is 4.90 Å². The summed E-state index contributed by atoms with van der Waals surface area (Å²) in [6.45, 7) is 6.13. The van der Waals surface area contributed by atoms with Crippen molar-refractivity contribution in [2.24, 2.45) is 5.73 Å². The lowest BCUT2D eigenvalue weighted by molar-refractivity contribution is -0.142. The van der Waals surface area contributed by atoms with Crippen LogP contribution in [0.2, 0.25) is 5.02 Å². The first kappa shape index (κ1) is 16.6. The van der Waals surface area contributed by atoms with Crippen molar-refractivity contribution in [1.29, 1.82) is 0 Å². The lowest BCUT2D eigenvalue weighted by Crippen LogP contribution is -2.51. The van der Waals surface area contributed by atoms with Crippen molar-refractivity contribution in [2.75, 3.05) is 31.1 Å². The molecule has 6 heteroatoms. The molecule has 0 radical (unpaired) electrons. The van der Waals surface area contributed by atoms with Gasteiger partial charge < -0.3 is 15.4 Å². The summed E-state index contributed by atoms with van der Waals surface area (Å²) in [5, 5.41) is 0.782. The number of ether oxygens (including phenoxy) is 1. The van der Waals surface area contributed by atoms with Crippen LogP contribution in [0.1, 0.15) is 25.3 Å². The second-order valence-corrected chi connectivity index (χ2v) is 6.87. The lowest BCUT2D eigenvalue weighted by Gasteiger charge is -2.36. The molecular formula is C17H24ClN3O2. The van der Waals surface area contributed by atoms with Gasteiger partial charge >= 0.3 is 0 Å². The van der Waals surface area contributed by atoms with Crippen molar-refractivity contribution in [3.63, 3.8) is 0 Å². The van der Waals surface area contributed by atoms with E-state index in [-0.39, 0.29) is 6.10 Å². The summed E-state index contributed by atoms with van der Waals surface area (Å²) in [6, 6.07) is 6.08. The summed E-state index contributed by atoms with van der Waals surface area (Å²) in [4.78, 5) is 16.1. The zero-order chi connectivity index (χ0) is 16.4. The maximum atomic E-state index is 11.5. The molecule has 1 aromatic carbocycles. The van der Waals surface area contributed by atoms with Crippen molar-refractivity contribution in [3.05, 3.63) is 28.8 Å². The van der Waals surface area contributed by atoms with Crippen molar-refractivity contribution in [2.45, 2.75) is 38.5 Å². The smallest absolute Gasteiger partial charge is 0.247 e. The van der Waals surface area contributed by atoms with Crippen LogP contribution in [-0.4, -0.2) is 49.2 Å². The summed E-state index contributed by atoms with van der Waals surface area (Å²) in [5.41, 5.74) is 7.76. The van der Waals surface area contributed by atoms with E-state index in [1.807, 2.05) is 19.1 Å². The standard InChI is InChI=1S/C17H24ClN3O2/c1-12-9-20(11-16(23-12)17(19)22)10-13-14(18)5-4-6-15(13)21-7-2-3-8-21/h4-6,12,16H,2-3,7-11H2,1H3,(H2,19,22)/t12-,16?/m1/s1. The Balaban J connectivity index is 1.80. The minimum absolute atomic E-state index is 0.0148. The van der Waals surface area contributed by atoms with Crippen LogP contribution >= 0.6 is 11.6 Å². The number of rotatable bonds is 4. The number of amides is 1. The first-order chi connectivity index (χ1) is 11.0. The molecule has 0 saturated carbocycles. The maximum absolute atomic E-state index is 11.5. The molecule has 2 aliphatic heterocycles. The molecule has 0 aliphatic carbocycles. The van der Waals surface area contributed by atoms with Crippen LogP contribution < -0.4 is 10.6 Å². The summed E-state index contributed by atoms with van der Waals surface area (Å²) in [5.74, 6) is -0.402. The first-order valence-electron chi connectivity index (χ1n) is 8.24. The number of hydrogen-bond donors (Lipinski definition) is 1. The number of morpholine rings is 1. The Morgan fingerprint density at radius 2 is 2.09 bits per heavy atom. The molecule has 2 heterocycles. The van der Waals surface area contributed by atoms with E-state index in [0.717, 1.165) is 30.2 Å². The molecule has 2 fully saturated rings. The van der Waals surface area contributed by atoms with Crippen molar-refractivity contribution in [3.8, 4) is 0 Å². The SMILES string of the molecule is C[C@@H]1CN(Cc2c(Cl)cccc2N2CCCC2)CC(C(N)=O)O1. The third kappa shape index (κ3) is 3.79. The van der Waals surface area contributed by atoms with Gasteiger partial charge in [0.1, 0.15) is 6.10 Å². The molecule has 2 atom stereocenters. The van der Waals surface area contributed by atoms with Gasteiger partial charge in [-0.3, -0.25) is 9.69 Å². The average molecular weight is 338 g/mol. The molecule has 23 heavy (non-hydrogen) atoms. The number of nitrogens with zero attached hydrogens (tertiary/aromatic N) is 2. The molecule has 1 aromatic rings. The summed E-state index contributed by atoms with van der Waals surface area (Å²) >= 11 is 6.49. The summed E-state index contributed by atoms with van der Waals surface area (Å²) < 4.78 is 5.62. The van der Waals surface area contributed by atoms with Crippen LogP contribution in [0.5, 0.6) is 0 Å². The minimum atomic E-state index is -0.545. The molecule has 1 unspecified atom stereocenters. The molecule has 0 spiro atoms. The molecule has 0 aromatic heterocycles. The summed E-state index contributed by atoms with van der Waals surface area (Å²) in [7, 11) is 0. The first-order valence-corrected chi connectivity index (χ1v) is 8.62. The van der Waals surface area contributed by atoms with Crippen LogP contribution in [0.25, 0.3) is 0 Å². The van der Waals surface area contributed by atoms with Gasteiger partial charge in [0.05, 0.1) is 6.10 Å². The van der Waals surface area contributed by atoms with Crippen molar-refractivity contribution < 1.29 is 9.53 Å². The molecule has 5 nitrogen and oxygen atoms in total. The van der Waals surface area contributed by atoms with Crippen LogP contribution in [0, 0.1) is 0 Å². The number of carbonyl (C=O) groups is 1. The fourth-order valence-electron chi connectivity index (χ4n) is 3.51. The van der Waals surface area contributed by atoms with Gasteiger partial charge in [-0.15, -0.1) is 0 Å². The largest absolute Gasteiger partial charge is 0.371 e. The van der Waals surface area contributed by atoms with Gasteiger partial charge in [-0.1, -0.05) is 17.7 Å². The van der Waals surface area contributed by atoms with Crippen molar-refractivity contribution >= 4 is 23.2 Å². The van der Waals surface area contributed by atoms with Gasteiger partial charge in [-0.05, 0) is 31.9 Å². The number of hydrogen-bond acceptors (Lipinski definition) is 4. The predicted molar refractivity (Wildman–Crippen MR) is 91.7 cm³/mol. The fraction of sp³-hybridized carbons (Fsp3) is 0.588. The van der Waals surface area contributed by atoms with E-state index in [0.29, 0.717) is 13.1 Å². The van der Waals surface area contributed by atoms with Crippen LogP contribution in [0.4, 0.5) is 5.69 Å². The van der Waals surface area contributed by atoms with E-state index in [1.54, 1.807) is 0 Å². The van der Waals surface area contributed by atoms with E-state index in [9.17, 15) is 4.79 Å². The van der Waals surface area contributed by atoms with Gasteiger partial charge in [0.25, 0.3) is 0 Å². The van der Waals surface area contributed by atoms with Gasteiger partial charge in [-0.25, -0.2) is 0 Å². The third-order valence-corrected chi connectivity index (χ3v) is 4.93. The van der Waals surface area contributed by atoms with Crippen LogP contribution in [0.3, 0.4) is 0 Å². The molecule has 2 N–H and O–H groups in total. The minimum Gasteiger partial charge on any atom is -0.371 e. The number of nitrogens with two attached hydrogens (primary N) is 1. The number of carbonyl (C=O) groups excluding carboxylic acids is 1. The Hall–Kier alpha value is -1.30. The molecule has 126 valence electrons. The maximum Gasteiger partial charge on any atom is 0.247 e. The Bertz CT molecular complexity index is 575. The van der Waals surface area contributed by atoms with E-state index < -0.39 is 12.0 Å². The Labute approximate surface area is 142 Å². The molecular weight excluding hydrogens is 314 g/mol. The number of halogens is 1. The number of anilines is 1. The van der Waals surface area contributed by atoms with Gasteiger partial charge in [0.2, 0.25) is 5.91 Å². The molecule has 2 saturated heterocycles. The zero-order valence-electron chi connectivity index (χ0n) is 13.5. The van der Waals surface area contributed by atoms with E-state index >= 15 is 0 Å². The highest BCUT2D eigenvalue weighted by Gasteiger charge is 2.30. The van der Waals surface area contributed by atoms with E-state index in [4.69, 9.17) is 22.1 Å². The monoisotopic (exact) mass is 337 g/mol. The molecule has 1 amide bonds. The number of primary amides is 1. The van der Waals surface area contributed by atoms with E-state index in [2.05, 4.69) is 15.9 Å². The highest BCUT2D eigenvalue weighted by Crippen LogP contribution is 2.31. The topological polar surface area (TPSA) is 58.8 Å². The highest BCUT2D eigenvalue weighted by molar-refractivity contribution is 6.31. The van der Waals surface area contributed by atoms with E-state index in [1.165, 1.54) is 18.5 Å². The van der Waals surface area contributed by atoms with Crippen LogP contribution in [-0.2, 0) is 16.1 Å². The summed E-state index contributed by atoms with van der Waals surface area (Å²) in [6.07, 6.45) is 1.89. The Kier molecular flexibility index (Phi) is 5.09. The van der Waals surface area contributed by atoms with Crippen LogP contribution in [0.15, 0.2) is 18.2 Å². The predicted octanol–water partition coefficient (Wildman–Crippen LogP) is 2.01. The molecule has 3 rings (SSSR count). The highest BCUT2D eigenvalue weighted by atomic mass is 35.5. The zero-order valence-corrected chi connectivity index (χ0v) is 14.3. The molecule has 0 bridgehead atoms. The van der Waals surface area contributed by atoms with Gasteiger partial charge in [0, 0.05) is 49.0 Å². The second-order valence-electron chi connectivity index (χ2n) is 6.46. The normalized spacial score (nSPS) is 25.7. The lowest BCUT2D eigenvalue weighted by atomic mass is 10.1. The third-order valence-electron chi connectivity index (χ3n) is 4.58. The quantitative estimate of drug-likeness (QED) is 0.913. The van der Waals surface area contributed by atoms with Gasteiger partial charge in [0.15, 0.2) is 0 Å². The second kappa shape index (κ2) is 7.07. The average Bonchev–Trinajstić information content (AvgIpc) is 3.03. The molecule has 2 aliphatic rings. The Morgan fingerprint density at radius 3 is 2.78 bits per heavy atom. The number of benzene rings is 1. The Morgan fingerprint density at radius 1 is 1.35 bits per heavy atom.